The molecule has 156 valence electrons. The molecule has 1 aliphatic rings. The maximum Gasteiger partial charge on any atom is 0.316 e. The first-order valence-corrected chi connectivity index (χ1v) is 11.4. The smallest absolute Gasteiger partial charge is 0.316 e. The summed E-state index contributed by atoms with van der Waals surface area (Å²) >= 11 is 0. The number of carbonyl (C=O) groups is 1. The minimum atomic E-state index is -3.29. The zero-order valence-corrected chi connectivity index (χ0v) is 17.6. The van der Waals surface area contributed by atoms with Crippen LogP contribution in [-0.4, -0.2) is 41.7 Å². The van der Waals surface area contributed by atoms with E-state index in [0.717, 1.165) is 31.2 Å². The van der Waals surface area contributed by atoms with Gasteiger partial charge in [-0.05, 0) is 63.3 Å². The summed E-state index contributed by atoms with van der Waals surface area (Å²) in [5, 5.41) is 2.60. The number of hydrogen-bond donors (Lipinski definition) is 1. The Hall–Kier alpha value is -2.48. The van der Waals surface area contributed by atoms with Crippen molar-refractivity contribution < 1.29 is 17.9 Å². The summed E-state index contributed by atoms with van der Waals surface area (Å²) in [6, 6.07) is 8.83. The van der Waals surface area contributed by atoms with E-state index in [1.54, 1.807) is 56.6 Å². The molecular weight excluding hydrogens is 390 g/mol. The van der Waals surface area contributed by atoms with Crippen molar-refractivity contribution in [3.8, 4) is 6.01 Å². The van der Waals surface area contributed by atoms with Gasteiger partial charge in [0.2, 0.25) is 5.91 Å². The molecule has 8 heteroatoms. The zero-order chi connectivity index (χ0) is 20.9. The van der Waals surface area contributed by atoms with Gasteiger partial charge >= 0.3 is 6.01 Å². The van der Waals surface area contributed by atoms with Gasteiger partial charge in [0.15, 0.2) is 9.84 Å². The highest BCUT2D eigenvalue weighted by Crippen LogP contribution is 2.22. The molecule has 1 aromatic heterocycles. The first kappa shape index (κ1) is 21.2. The van der Waals surface area contributed by atoms with Crippen molar-refractivity contribution in [2.24, 2.45) is 0 Å². The van der Waals surface area contributed by atoms with Gasteiger partial charge in [0.1, 0.15) is 6.10 Å². The number of sulfone groups is 1. The predicted octanol–water partition coefficient (Wildman–Crippen LogP) is 2.71. The number of aromatic nitrogens is 2. The second kappa shape index (κ2) is 9.35. The molecule has 3 rings (SSSR count). The third-order valence-electron chi connectivity index (χ3n) is 5.09. The second-order valence-corrected chi connectivity index (χ2v) is 10.1. The molecule has 1 aliphatic carbocycles. The van der Waals surface area contributed by atoms with Gasteiger partial charge in [-0.2, -0.15) is 0 Å². The average Bonchev–Trinajstić information content (AvgIpc) is 2.70. The summed E-state index contributed by atoms with van der Waals surface area (Å²) in [5.74, 6) is -0.0553. The van der Waals surface area contributed by atoms with Gasteiger partial charge in [-0.3, -0.25) is 4.79 Å². The van der Waals surface area contributed by atoms with Gasteiger partial charge in [0.25, 0.3) is 0 Å². The molecule has 7 nitrogen and oxygen atoms in total. The summed E-state index contributed by atoms with van der Waals surface area (Å²) < 4.78 is 30.1. The van der Waals surface area contributed by atoms with Gasteiger partial charge in [-0.1, -0.05) is 12.1 Å². The highest BCUT2D eigenvalue weighted by molar-refractivity contribution is 7.92. The van der Waals surface area contributed by atoms with Crippen molar-refractivity contribution in [1.29, 1.82) is 0 Å². The molecule has 0 bridgehead atoms. The first-order chi connectivity index (χ1) is 13.8. The zero-order valence-electron chi connectivity index (χ0n) is 16.7. The third kappa shape index (κ3) is 5.76. The van der Waals surface area contributed by atoms with Gasteiger partial charge in [-0.15, -0.1) is 0 Å². The van der Waals surface area contributed by atoms with Crippen LogP contribution in [0.25, 0.3) is 0 Å². The van der Waals surface area contributed by atoms with E-state index in [-0.39, 0.29) is 29.4 Å². The monoisotopic (exact) mass is 417 g/mol. The maximum absolute atomic E-state index is 12.4. The van der Waals surface area contributed by atoms with E-state index in [1.165, 1.54) is 0 Å². The average molecular weight is 418 g/mol. The number of nitrogens with zero attached hydrogens (tertiary/aromatic N) is 2. The van der Waals surface area contributed by atoms with Gasteiger partial charge in [0.05, 0.1) is 16.6 Å². The number of benzene rings is 1. The van der Waals surface area contributed by atoms with Crippen molar-refractivity contribution in [2.75, 3.05) is 0 Å². The molecule has 0 unspecified atom stereocenters. The SMILES string of the molecule is CC(C)S(=O)(=O)c1ccc(CC(=O)NC2CCC(Oc3ncccn3)CC2)cc1. The van der Waals surface area contributed by atoms with E-state index in [2.05, 4.69) is 15.3 Å². The summed E-state index contributed by atoms with van der Waals surface area (Å²) in [6.07, 6.45) is 6.97. The standard InChI is InChI=1S/C21H27N3O4S/c1-15(2)29(26,27)19-10-4-16(5-11-19)14-20(25)24-17-6-8-18(9-7-17)28-21-22-12-3-13-23-21/h3-5,10-13,15,17-18H,6-9,14H2,1-2H3,(H,24,25). The topological polar surface area (TPSA) is 98.2 Å². The fourth-order valence-corrected chi connectivity index (χ4v) is 4.41. The molecule has 0 aliphatic heterocycles. The molecule has 1 fully saturated rings. The molecule has 29 heavy (non-hydrogen) atoms. The molecule has 0 atom stereocenters. The summed E-state index contributed by atoms with van der Waals surface area (Å²) in [4.78, 5) is 20.8. The van der Waals surface area contributed by atoms with Gasteiger partial charge in [0, 0.05) is 18.4 Å². The van der Waals surface area contributed by atoms with Crippen LogP contribution >= 0.6 is 0 Å². The molecule has 2 aromatic rings. The highest BCUT2D eigenvalue weighted by Gasteiger charge is 2.24. The van der Waals surface area contributed by atoms with E-state index in [9.17, 15) is 13.2 Å². The lowest BCUT2D eigenvalue weighted by Gasteiger charge is -2.28. The lowest BCUT2D eigenvalue weighted by atomic mass is 9.93. The van der Waals surface area contributed by atoms with Crippen molar-refractivity contribution in [2.45, 2.75) is 68.2 Å². The fourth-order valence-electron chi connectivity index (χ4n) is 3.35. The van der Waals surface area contributed by atoms with E-state index in [4.69, 9.17) is 4.74 Å². The molecule has 1 saturated carbocycles. The minimum absolute atomic E-state index is 0.0553. The Balaban J connectivity index is 1.45. The molecule has 1 amide bonds. The van der Waals surface area contributed by atoms with Crippen LogP contribution in [0.3, 0.4) is 0 Å². The Bertz CT molecular complexity index is 907. The first-order valence-electron chi connectivity index (χ1n) is 9.90. The summed E-state index contributed by atoms with van der Waals surface area (Å²) in [5.41, 5.74) is 0.795. The van der Waals surface area contributed by atoms with E-state index in [1.807, 2.05) is 0 Å². The van der Waals surface area contributed by atoms with Gasteiger partial charge < -0.3 is 10.1 Å². The van der Waals surface area contributed by atoms with Crippen LogP contribution in [0.1, 0.15) is 45.1 Å². The number of rotatable bonds is 7. The van der Waals surface area contributed by atoms with Crippen molar-refractivity contribution in [3.63, 3.8) is 0 Å². The lowest BCUT2D eigenvalue weighted by molar-refractivity contribution is -0.121. The Labute approximate surface area is 171 Å². The Morgan fingerprint density at radius 3 is 2.31 bits per heavy atom. The second-order valence-electron chi connectivity index (χ2n) is 7.60. The number of nitrogens with one attached hydrogen (secondary N) is 1. The largest absolute Gasteiger partial charge is 0.460 e. The van der Waals surface area contributed by atoms with Crippen LogP contribution in [0.2, 0.25) is 0 Å². The highest BCUT2D eigenvalue weighted by atomic mass is 32.2. The van der Waals surface area contributed by atoms with Crippen molar-refractivity contribution in [1.82, 2.24) is 15.3 Å². The number of hydrogen-bond acceptors (Lipinski definition) is 6. The predicted molar refractivity (Wildman–Crippen MR) is 109 cm³/mol. The van der Waals surface area contributed by atoms with Crippen LogP contribution in [0.5, 0.6) is 6.01 Å². The van der Waals surface area contributed by atoms with E-state index < -0.39 is 15.1 Å². The van der Waals surface area contributed by atoms with Crippen LogP contribution in [0, 0.1) is 0 Å². The quantitative estimate of drug-likeness (QED) is 0.744. The van der Waals surface area contributed by atoms with Crippen molar-refractivity contribution >= 4 is 15.7 Å². The van der Waals surface area contributed by atoms with Crippen LogP contribution in [0.4, 0.5) is 0 Å². The fraction of sp³-hybridized carbons (Fsp3) is 0.476. The van der Waals surface area contributed by atoms with Crippen LogP contribution in [-0.2, 0) is 21.1 Å². The molecular formula is C21H27N3O4S. The molecule has 1 heterocycles. The Kier molecular flexibility index (Phi) is 6.84. The van der Waals surface area contributed by atoms with Crippen LogP contribution < -0.4 is 10.1 Å². The minimum Gasteiger partial charge on any atom is -0.460 e. The summed E-state index contributed by atoms with van der Waals surface area (Å²) in [6.45, 7) is 3.31. The maximum atomic E-state index is 12.4. The van der Waals surface area contributed by atoms with Crippen LogP contribution in [0.15, 0.2) is 47.6 Å². The molecule has 0 spiro atoms. The Morgan fingerprint density at radius 2 is 1.72 bits per heavy atom. The third-order valence-corrected chi connectivity index (χ3v) is 7.26. The van der Waals surface area contributed by atoms with E-state index >= 15 is 0 Å². The molecule has 1 N–H and O–H groups in total. The molecule has 0 radical (unpaired) electrons. The molecule has 0 saturated heterocycles. The number of carbonyl (C=O) groups excluding carboxylic acids is 1. The number of ether oxygens (including phenoxy) is 1. The Morgan fingerprint density at radius 1 is 1.10 bits per heavy atom. The summed E-state index contributed by atoms with van der Waals surface area (Å²) in [7, 11) is -3.29. The normalized spacial score (nSPS) is 19.7. The lowest BCUT2D eigenvalue weighted by Crippen LogP contribution is -2.40. The van der Waals surface area contributed by atoms with Crippen molar-refractivity contribution in [3.05, 3.63) is 48.3 Å². The van der Waals surface area contributed by atoms with Gasteiger partial charge in [-0.25, -0.2) is 18.4 Å². The number of amides is 1. The molecule has 1 aromatic carbocycles. The van der Waals surface area contributed by atoms with E-state index in [0.29, 0.717) is 6.01 Å².